The number of carbonyl (C=O) groups excluding carboxylic acids is 2. The molecule has 0 radical (unpaired) electrons. The molecule has 36 heavy (non-hydrogen) atoms. The molecule has 0 bridgehead atoms. The topological polar surface area (TPSA) is 120 Å². The standard InChI is InChI=1S/C28H34N4O4/c1-17-23(26(33)35-4)25(20-6-5-7-22(30)14-20)24(18(2)31-17)27(34)36-28(3)12-13-32(16-28)15-19-8-10-21(29)11-9-19/h5-11,14,25,31H,12-13,15-16,29-30H2,1-4H3. The van der Waals surface area contributed by atoms with Gasteiger partial charge in [0.1, 0.15) is 5.60 Å². The van der Waals surface area contributed by atoms with Gasteiger partial charge in [-0.1, -0.05) is 24.3 Å². The normalized spacial score (nSPS) is 22.4. The molecule has 2 heterocycles. The molecule has 0 aromatic heterocycles. The van der Waals surface area contributed by atoms with Crippen molar-refractivity contribution < 1.29 is 19.1 Å². The smallest absolute Gasteiger partial charge is 0.337 e. The average molecular weight is 491 g/mol. The van der Waals surface area contributed by atoms with Gasteiger partial charge in [0.25, 0.3) is 0 Å². The summed E-state index contributed by atoms with van der Waals surface area (Å²) in [5.74, 6) is -1.63. The number of nitrogen functional groups attached to an aromatic ring is 2. The van der Waals surface area contributed by atoms with Crippen LogP contribution >= 0.6 is 0 Å². The van der Waals surface area contributed by atoms with Gasteiger partial charge in [-0.3, -0.25) is 4.90 Å². The first-order chi connectivity index (χ1) is 17.1. The Morgan fingerprint density at radius 2 is 1.69 bits per heavy atom. The highest BCUT2D eigenvalue weighted by Gasteiger charge is 2.42. The van der Waals surface area contributed by atoms with Gasteiger partial charge < -0.3 is 26.3 Å². The van der Waals surface area contributed by atoms with Crippen LogP contribution < -0.4 is 16.8 Å². The monoisotopic (exact) mass is 490 g/mol. The molecule has 1 fully saturated rings. The third-order valence-corrected chi connectivity index (χ3v) is 6.87. The van der Waals surface area contributed by atoms with Gasteiger partial charge in [0.15, 0.2) is 0 Å². The van der Waals surface area contributed by atoms with Gasteiger partial charge >= 0.3 is 11.9 Å². The van der Waals surface area contributed by atoms with E-state index in [0.717, 1.165) is 29.9 Å². The number of dihydropyridines is 1. The number of hydrogen-bond donors (Lipinski definition) is 3. The van der Waals surface area contributed by atoms with E-state index in [-0.39, 0.29) is 0 Å². The van der Waals surface area contributed by atoms with Crippen LogP contribution in [-0.2, 0) is 25.6 Å². The van der Waals surface area contributed by atoms with Crippen molar-refractivity contribution in [2.45, 2.75) is 45.3 Å². The Bertz CT molecular complexity index is 1230. The molecule has 2 aromatic carbocycles. The summed E-state index contributed by atoms with van der Waals surface area (Å²) < 4.78 is 11.2. The molecule has 0 aliphatic carbocycles. The summed E-state index contributed by atoms with van der Waals surface area (Å²) in [4.78, 5) is 28.8. The van der Waals surface area contributed by atoms with Gasteiger partial charge in [0.05, 0.1) is 24.2 Å². The molecule has 0 amide bonds. The SMILES string of the molecule is COC(=O)C1=C(C)NC(C)=C(C(=O)OC2(C)CCN(Cc3ccc(N)cc3)C2)C1c1cccc(N)c1. The predicted octanol–water partition coefficient (Wildman–Crippen LogP) is 3.47. The number of nitrogens with one attached hydrogen (secondary N) is 1. The number of anilines is 2. The number of methoxy groups -OCH3 is 1. The van der Waals surface area contributed by atoms with Crippen LogP contribution in [0.1, 0.15) is 44.2 Å². The Labute approximate surface area is 211 Å². The summed E-state index contributed by atoms with van der Waals surface area (Å²) in [6.45, 7) is 7.72. The molecule has 2 atom stereocenters. The van der Waals surface area contributed by atoms with Crippen molar-refractivity contribution in [2.24, 2.45) is 0 Å². The van der Waals surface area contributed by atoms with Gasteiger partial charge in [0.2, 0.25) is 0 Å². The second kappa shape index (κ2) is 10.1. The molecule has 0 spiro atoms. The van der Waals surface area contributed by atoms with E-state index in [1.54, 1.807) is 19.1 Å². The minimum absolute atomic E-state index is 0.363. The summed E-state index contributed by atoms with van der Waals surface area (Å²) in [6.07, 6.45) is 0.704. The lowest BCUT2D eigenvalue weighted by molar-refractivity contribution is -0.152. The first-order valence-electron chi connectivity index (χ1n) is 12.0. The summed E-state index contributed by atoms with van der Waals surface area (Å²) >= 11 is 0. The summed E-state index contributed by atoms with van der Waals surface area (Å²) in [6, 6.07) is 15.0. The lowest BCUT2D eigenvalue weighted by Gasteiger charge is -2.33. The van der Waals surface area contributed by atoms with E-state index in [2.05, 4.69) is 10.2 Å². The highest BCUT2D eigenvalue weighted by molar-refractivity contribution is 6.00. The van der Waals surface area contributed by atoms with Crippen LogP contribution in [0.25, 0.3) is 0 Å². The van der Waals surface area contributed by atoms with Crippen molar-refractivity contribution in [3.8, 4) is 0 Å². The molecular weight excluding hydrogens is 456 g/mol. The van der Waals surface area contributed by atoms with Crippen LogP contribution in [0, 0.1) is 0 Å². The zero-order valence-electron chi connectivity index (χ0n) is 21.3. The molecule has 8 nitrogen and oxygen atoms in total. The summed E-state index contributed by atoms with van der Waals surface area (Å²) in [5.41, 5.74) is 16.4. The Balaban J connectivity index is 1.59. The maximum Gasteiger partial charge on any atom is 0.337 e. The fourth-order valence-electron chi connectivity index (χ4n) is 5.12. The molecule has 2 aromatic rings. The van der Waals surface area contributed by atoms with Crippen molar-refractivity contribution in [1.29, 1.82) is 0 Å². The first-order valence-corrected chi connectivity index (χ1v) is 12.0. The third-order valence-electron chi connectivity index (χ3n) is 6.87. The van der Waals surface area contributed by atoms with E-state index >= 15 is 0 Å². The van der Waals surface area contributed by atoms with Crippen molar-refractivity contribution in [2.75, 3.05) is 31.7 Å². The fraction of sp³-hybridized carbons (Fsp3) is 0.357. The van der Waals surface area contributed by atoms with Crippen molar-refractivity contribution in [1.82, 2.24) is 10.2 Å². The van der Waals surface area contributed by atoms with E-state index in [0.29, 0.717) is 41.2 Å². The van der Waals surface area contributed by atoms with Crippen molar-refractivity contribution in [3.63, 3.8) is 0 Å². The van der Waals surface area contributed by atoms with Crippen LogP contribution in [-0.4, -0.2) is 42.6 Å². The molecule has 2 unspecified atom stereocenters. The second-order valence-electron chi connectivity index (χ2n) is 9.84. The number of ether oxygens (including phenoxy) is 2. The number of rotatable bonds is 6. The Kier molecular flexibility index (Phi) is 7.08. The molecule has 5 N–H and O–H groups in total. The highest BCUT2D eigenvalue weighted by Crippen LogP contribution is 2.41. The van der Waals surface area contributed by atoms with Crippen molar-refractivity contribution in [3.05, 3.63) is 82.2 Å². The Morgan fingerprint density at radius 3 is 2.33 bits per heavy atom. The minimum atomic E-state index is -0.667. The number of likely N-dealkylation sites (tertiary alicyclic amines) is 1. The largest absolute Gasteiger partial charge is 0.466 e. The van der Waals surface area contributed by atoms with E-state index < -0.39 is 23.5 Å². The van der Waals surface area contributed by atoms with Gasteiger partial charge in [-0.05, 0) is 56.2 Å². The van der Waals surface area contributed by atoms with Crippen LogP contribution in [0.15, 0.2) is 71.1 Å². The van der Waals surface area contributed by atoms with Crippen molar-refractivity contribution >= 4 is 23.3 Å². The quantitative estimate of drug-likeness (QED) is 0.416. The number of allylic oxidation sites excluding steroid dienone is 2. The molecule has 4 rings (SSSR count). The van der Waals surface area contributed by atoms with Gasteiger partial charge in [0, 0.05) is 48.8 Å². The van der Waals surface area contributed by atoms with Crippen LogP contribution in [0.4, 0.5) is 11.4 Å². The van der Waals surface area contributed by atoms with Gasteiger partial charge in [-0.25, -0.2) is 9.59 Å². The number of benzene rings is 2. The van der Waals surface area contributed by atoms with Crippen LogP contribution in [0.3, 0.4) is 0 Å². The lowest BCUT2D eigenvalue weighted by atomic mass is 9.80. The summed E-state index contributed by atoms with van der Waals surface area (Å²) in [5, 5.41) is 3.18. The first kappa shape index (κ1) is 25.3. The molecule has 2 aliphatic rings. The van der Waals surface area contributed by atoms with Crippen LogP contribution in [0.2, 0.25) is 0 Å². The number of esters is 2. The number of hydrogen-bond acceptors (Lipinski definition) is 8. The minimum Gasteiger partial charge on any atom is -0.466 e. The Hall–Kier alpha value is -3.78. The van der Waals surface area contributed by atoms with Gasteiger partial charge in [-0.2, -0.15) is 0 Å². The lowest BCUT2D eigenvalue weighted by Crippen LogP contribution is -2.38. The zero-order chi connectivity index (χ0) is 26.0. The number of nitrogens with zero attached hydrogens (tertiary/aromatic N) is 1. The predicted molar refractivity (Wildman–Crippen MR) is 139 cm³/mol. The fourth-order valence-corrected chi connectivity index (χ4v) is 5.12. The number of nitrogens with two attached hydrogens (primary N) is 2. The van der Waals surface area contributed by atoms with E-state index in [4.69, 9.17) is 20.9 Å². The zero-order valence-corrected chi connectivity index (χ0v) is 21.3. The highest BCUT2D eigenvalue weighted by atomic mass is 16.6. The molecule has 2 aliphatic heterocycles. The average Bonchev–Trinajstić information content (AvgIpc) is 3.19. The van der Waals surface area contributed by atoms with Gasteiger partial charge in [-0.15, -0.1) is 0 Å². The Morgan fingerprint density at radius 1 is 1.03 bits per heavy atom. The third kappa shape index (κ3) is 5.23. The maximum absolute atomic E-state index is 13.7. The van der Waals surface area contributed by atoms with Crippen LogP contribution in [0.5, 0.6) is 0 Å². The molecule has 8 heteroatoms. The summed E-state index contributed by atoms with van der Waals surface area (Å²) in [7, 11) is 1.33. The molecule has 1 saturated heterocycles. The maximum atomic E-state index is 13.7. The molecular formula is C28H34N4O4. The molecule has 0 saturated carbocycles. The number of carbonyl (C=O) groups is 2. The second-order valence-corrected chi connectivity index (χ2v) is 9.84. The van der Waals surface area contributed by atoms with E-state index in [1.165, 1.54) is 7.11 Å². The molecule has 190 valence electrons. The van der Waals surface area contributed by atoms with E-state index in [1.807, 2.05) is 50.2 Å². The van der Waals surface area contributed by atoms with E-state index in [9.17, 15) is 9.59 Å².